The van der Waals surface area contributed by atoms with Gasteiger partial charge in [-0.25, -0.2) is 0 Å². The maximum Gasteiger partial charge on any atom is 0.127 e. The first-order valence-electron chi connectivity index (χ1n) is 10.3. The summed E-state index contributed by atoms with van der Waals surface area (Å²) in [4.78, 5) is 0.855. The van der Waals surface area contributed by atoms with Gasteiger partial charge < -0.3 is 15.3 Å². The van der Waals surface area contributed by atoms with E-state index in [1.807, 2.05) is 12.1 Å². The van der Waals surface area contributed by atoms with Crippen LogP contribution in [-0.2, 0) is 0 Å². The second-order valence-electron chi connectivity index (χ2n) is 8.51. The predicted octanol–water partition coefficient (Wildman–Crippen LogP) is 6.43. The van der Waals surface area contributed by atoms with Crippen molar-refractivity contribution in [3.63, 3.8) is 0 Å². The second-order valence-corrected chi connectivity index (χ2v) is 9.62. The first-order chi connectivity index (χ1) is 12.7. The van der Waals surface area contributed by atoms with Crippen LogP contribution in [0.15, 0.2) is 17.0 Å². The summed E-state index contributed by atoms with van der Waals surface area (Å²) in [5.74, 6) is 1.97. The van der Waals surface area contributed by atoms with Gasteiger partial charge in [-0.3, -0.25) is 0 Å². The molecule has 2 atom stereocenters. The van der Waals surface area contributed by atoms with Gasteiger partial charge in [-0.2, -0.15) is 0 Å². The molecule has 1 aromatic carbocycles. The van der Waals surface area contributed by atoms with Crippen molar-refractivity contribution in [2.75, 3.05) is 5.75 Å². The van der Waals surface area contributed by atoms with Gasteiger partial charge in [0.25, 0.3) is 0 Å². The van der Waals surface area contributed by atoms with E-state index in [4.69, 9.17) is 0 Å². The summed E-state index contributed by atoms with van der Waals surface area (Å²) >= 11 is 1.62. The Morgan fingerprint density at radius 3 is 2.30 bits per heavy atom. The Kier molecular flexibility index (Phi) is 7.70. The van der Waals surface area contributed by atoms with Gasteiger partial charge in [0.1, 0.15) is 11.5 Å². The topological polar surface area (TPSA) is 60.7 Å². The van der Waals surface area contributed by atoms with Gasteiger partial charge in [-0.15, -0.1) is 11.8 Å². The Labute approximate surface area is 168 Å². The van der Waals surface area contributed by atoms with Crippen molar-refractivity contribution in [2.24, 2.45) is 5.92 Å². The van der Waals surface area contributed by atoms with Crippen molar-refractivity contribution < 1.29 is 15.3 Å². The zero-order valence-electron chi connectivity index (χ0n) is 17.5. The molecule has 3 nitrogen and oxygen atoms in total. The molecule has 0 fully saturated rings. The Morgan fingerprint density at radius 2 is 1.74 bits per heavy atom. The average Bonchev–Trinajstić information content (AvgIpc) is 2.60. The summed E-state index contributed by atoms with van der Waals surface area (Å²) in [5, 5.41) is 32.1. The average molecular weight is 393 g/mol. The van der Waals surface area contributed by atoms with Gasteiger partial charge in [0, 0.05) is 4.91 Å². The maximum atomic E-state index is 10.8. The van der Waals surface area contributed by atoms with Crippen LogP contribution in [-0.4, -0.2) is 26.7 Å². The van der Waals surface area contributed by atoms with E-state index < -0.39 is 5.60 Å². The summed E-state index contributed by atoms with van der Waals surface area (Å²) in [5.41, 5.74) is 1.38. The zero-order valence-corrected chi connectivity index (χ0v) is 18.3. The molecule has 152 valence electrons. The van der Waals surface area contributed by atoms with Crippen LogP contribution < -0.4 is 0 Å². The smallest absolute Gasteiger partial charge is 0.127 e. The van der Waals surface area contributed by atoms with E-state index in [2.05, 4.69) is 20.8 Å². The number of hydrogen-bond donors (Lipinski definition) is 3. The van der Waals surface area contributed by atoms with Crippen LogP contribution in [0.1, 0.15) is 90.2 Å². The third kappa shape index (κ3) is 5.45. The number of unbranched alkanes of at least 4 members (excludes halogenated alkanes) is 2. The minimum Gasteiger partial charge on any atom is -0.507 e. The molecule has 0 aliphatic carbocycles. The van der Waals surface area contributed by atoms with Crippen molar-refractivity contribution in [3.8, 4) is 11.5 Å². The number of phenolic OH excluding ortho intramolecular Hbond substituents is 2. The van der Waals surface area contributed by atoms with Crippen molar-refractivity contribution in [2.45, 2.75) is 84.7 Å². The molecule has 1 aromatic rings. The summed E-state index contributed by atoms with van der Waals surface area (Å²) in [6.45, 7) is 10.2. The Morgan fingerprint density at radius 1 is 1.11 bits per heavy atom. The predicted molar refractivity (Wildman–Crippen MR) is 116 cm³/mol. The van der Waals surface area contributed by atoms with Crippen LogP contribution >= 0.6 is 11.8 Å². The Hall–Kier alpha value is -1.13. The van der Waals surface area contributed by atoms with Gasteiger partial charge in [0.05, 0.1) is 11.2 Å². The van der Waals surface area contributed by atoms with Crippen molar-refractivity contribution in [1.29, 1.82) is 0 Å². The third-order valence-corrected chi connectivity index (χ3v) is 7.24. The molecule has 0 aromatic heterocycles. The molecule has 3 N–H and O–H groups in total. The van der Waals surface area contributed by atoms with Crippen molar-refractivity contribution in [3.05, 3.63) is 28.2 Å². The molecule has 2 rings (SSSR count). The lowest BCUT2D eigenvalue weighted by molar-refractivity contribution is 0.129. The van der Waals surface area contributed by atoms with Gasteiger partial charge in [-0.1, -0.05) is 46.5 Å². The lowest BCUT2D eigenvalue weighted by atomic mass is 9.84. The van der Waals surface area contributed by atoms with E-state index in [0.717, 1.165) is 41.1 Å². The van der Waals surface area contributed by atoms with Gasteiger partial charge in [0.2, 0.25) is 0 Å². The molecule has 0 bridgehead atoms. The molecule has 1 heterocycles. The highest BCUT2D eigenvalue weighted by Crippen LogP contribution is 2.48. The standard InChI is InChI=1S/C23H36O3S/c1-6-7-8-10-15(2)16(3)17-13-19(24)21(20(25)14-17)18-11-9-12-27-22(18)23(4,5)26/h13-16,24-26H,6-12H2,1-5H3. The number of phenols is 2. The molecule has 0 saturated carbocycles. The van der Waals surface area contributed by atoms with Crippen molar-refractivity contribution in [1.82, 2.24) is 0 Å². The SMILES string of the molecule is CCCCCC(C)C(C)c1cc(O)c(C2=C(C(C)(C)O)SCCC2)c(O)c1. The molecule has 0 radical (unpaired) electrons. The molecule has 1 aliphatic heterocycles. The summed E-state index contributed by atoms with van der Waals surface area (Å²) in [6, 6.07) is 3.62. The molecule has 0 saturated heterocycles. The number of benzene rings is 1. The first kappa shape index (κ1) is 22.2. The Balaban J connectivity index is 2.35. The highest BCUT2D eigenvalue weighted by Gasteiger charge is 2.30. The minimum atomic E-state index is -0.973. The van der Waals surface area contributed by atoms with E-state index in [1.165, 1.54) is 19.3 Å². The number of aromatic hydroxyl groups is 2. The summed E-state index contributed by atoms with van der Waals surface area (Å²) in [6.07, 6.45) is 6.58. The van der Waals surface area contributed by atoms with Crippen LogP contribution in [0.25, 0.3) is 5.57 Å². The molecule has 4 heteroatoms. The fourth-order valence-corrected chi connectivity index (χ4v) is 5.13. The number of aliphatic hydroxyl groups is 1. The fourth-order valence-electron chi connectivity index (χ4n) is 3.91. The molecular formula is C23H36O3S. The Bertz CT molecular complexity index is 650. The lowest BCUT2D eigenvalue weighted by Gasteiger charge is -2.30. The second kappa shape index (κ2) is 9.38. The first-order valence-corrected chi connectivity index (χ1v) is 11.3. The maximum absolute atomic E-state index is 10.8. The lowest BCUT2D eigenvalue weighted by Crippen LogP contribution is -2.23. The monoisotopic (exact) mass is 392 g/mol. The molecule has 2 unspecified atom stereocenters. The summed E-state index contributed by atoms with van der Waals surface area (Å²) < 4.78 is 0. The number of thioether (sulfide) groups is 1. The quantitative estimate of drug-likeness (QED) is 0.446. The normalized spacial score (nSPS) is 17.9. The van der Waals surface area contributed by atoms with Crippen LogP contribution in [0.2, 0.25) is 0 Å². The van der Waals surface area contributed by atoms with E-state index in [0.29, 0.717) is 11.5 Å². The van der Waals surface area contributed by atoms with E-state index >= 15 is 0 Å². The van der Waals surface area contributed by atoms with Crippen LogP contribution in [0.4, 0.5) is 0 Å². The number of hydrogen-bond acceptors (Lipinski definition) is 4. The van der Waals surface area contributed by atoms with Gasteiger partial charge in [0.15, 0.2) is 0 Å². The van der Waals surface area contributed by atoms with Crippen LogP contribution in [0.3, 0.4) is 0 Å². The van der Waals surface area contributed by atoms with Gasteiger partial charge >= 0.3 is 0 Å². The van der Waals surface area contributed by atoms with E-state index in [-0.39, 0.29) is 17.4 Å². The largest absolute Gasteiger partial charge is 0.507 e. The molecule has 27 heavy (non-hydrogen) atoms. The molecular weight excluding hydrogens is 356 g/mol. The third-order valence-electron chi connectivity index (χ3n) is 5.71. The fraction of sp³-hybridized carbons (Fsp3) is 0.652. The number of allylic oxidation sites excluding steroid dienone is 1. The number of rotatable bonds is 8. The highest BCUT2D eigenvalue weighted by atomic mass is 32.2. The summed E-state index contributed by atoms with van der Waals surface area (Å²) in [7, 11) is 0. The van der Waals surface area contributed by atoms with Crippen molar-refractivity contribution >= 4 is 17.3 Å². The molecule has 1 aliphatic rings. The van der Waals surface area contributed by atoms with Gasteiger partial charge in [-0.05, 0) is 67.5 Å². The molecule has 0 spiro atoms. The van der Waals surface area contributed by atoms with E-state index in [9.17, 15) is 15.3 Å². The zero-order chi connectivity index (χ0) is 20.2. The van der Waals surface area contributed by atoms with Crippen LogP contribution in [0, 0.1) is 5.92 Å². The molecule has 0 amide bonds. The minimum absolute atomic E-state index is 0.122. The van der Waals surface area contributed by atoms with Crippen LogP contribution in [0.5, 0.6) is 11.5 Å². The highest BCUT2D eigenvalue weighted by molar-refractivity contribution is 8.03. The van der Waals surface area contributed by atoms with E-state index in [1.54, 1.807) is 25.6 Å².